The molecule has 1 fully saturated rings. The van der Waals surface area contributed by atoms with Gasteiger partial charge in [-0.3, -0.25) is 4.90 Å². The minimum atomic E-state index is 0.521. The Morgan fingerprint density at radius 2 is 1.86 bits per heavy atom. The molecular formula is C15H27N5O. The van der Waals surface area contributed by atoms with Crippen molar-refractivity contribution >= 4 is 5.95 Å². The fraction of sp³-hybridized carbons (Fsp3) is 0.733. The Balaban J connectivity index is 1.90. The van der Waals surface area contributed by atoms with Gasteiger partial charge in [-0.1, -0.05) is 0 Å². The van der Waals surface area contributed by atoms with Crippen molar-refractivity contribution in [3.63, 3.8) is 0 Å². The van der Waals surface area contributed by atoms with E-state index in [-0.39, 0.29) is 0 Å². The molecule has 1 aromatic rings. The Hall–Kier alpha value is -1.24. The Labute approximate surface area is 127 Å². The normalized spacial score (nSPS) is 23.5. The summed E-state index contributed by atoms with van der Waals surface area (Å²) >= 11 is 0. The Morgan fingerprint density at radius 1 is 1.24 bits per heavy atom. The number of ether oxygens (including phenoxy) is 1. The van der Waals surface area contributed by atoms with Gasteiger partial charge >= 0.3 is 0 Å². The summed E-state index contributed by atoms with van der Waals surface area (Å²) in [6.07, 6.45) is 3.82. The Morgan fingerprint density at radius 3 is 2.43 bits per heavy atom. The Bertz CT molecular complexity index is 413. The van der Waals surface area contributed by atoms with Gasteiger partial charge < -0.3 is 15.0 Å². The van der Waals surface area contributed by atoms with Gasteiger partial charge in [0.05, 0.1) is 6.61 Å². The lowest BCUT2D eigenvalue weighted by Crippen LogP contribution is -2.55. The predicted molar refractivity (Wildman–Crippen MR) is 84.5 cm³/mol. The highest BCUT2D eigenvalue weighted by molar-refractivity contribution is 5.31. The molecule has 1 aliphatic heterocycles. The van der Waals surface area contributed by atoms with Crippen LogP contribution in [0.15, 0.2) is 12.4 Å². The molecule has 2 atom stereocenters. The number of aromatic nitrogens is 2. The van der Waals surface area contributed by atoms with Gasteiger partial charge in [-0.2, -0.15) is 0 Å². The second-order valence-corrected chi connectivity index (χ2v) is 5.83. The van der Waals surface area contributed by atoms with Gasteiger partial charge in [0.15, 0.2) is 0 Å². The molecule has 0 aromatic carbocycles. The first kappa shape index (κ1) is 16.1. The molecule has 2 unspecified atom stereocenters. The number of piperazine rings is 1. The van der Waals surface area contributed by atoms with Gasteiger partial charge in [0, 0.05) is 63.3 Å². The number of nitrogens with zero attached hydrogens (tertiary/aromatic N) is 4. The standard InChI is InChI=1S/C15H27N5O/c1-12-10-20(11-13(2)19(12)3)15-17-8-14(9-18-15)7-16-5-6-21-4/h8-9,12-13,16H,5-7,10-11H2,1-4H3. The van der Waals surface area contributed by atoms with E-state index in [9.17, 15) is 0 Å². The van der Waals surface area contributed by atoms with Gasteiger partial charge in [0.2, 0.25) is 5.95 Å². The molecule has 0 amide bonds. The van der Waals surface area contributed by atoms with E-state index >= 15 is 0 Å². The largest absolute Gasteiger partial charge is 0.383 e. The Kier molecular flexibility index (Phi) is 5.90. The number of methoxy groups -OCH3 is 1. The number of hydrogen-bond acceptors (Lipinski definition) is 6. The van der Waals surface area contributed by atoms with Crippen molar-refractivity contribution in [3.05, 3.63) is 18.0 Å². The van der Waals surface area contributed by atoms with Gasteiger partial charge in [-0.05, 0) is 20.9 Å². The van der Waals surface area contributed by atoms with Crippen LogP contribution in [-0.4, -0.2) is 67.4 Å². The van der Waals surface area contributed by atoms with Crippen LogP contribution in [0.5, 0.6) is 0 Å². The summed E-state index contributed by atoms with van der Waals surface area (Å²) in [5.41, 5.74) is 1.10. The number of hydrogen-bond donors (Lipinski definition) is 1. The zero-order chi connectivity index (χ0) is 15.2. The second kappa shape index (κ2) is 7.68. The highest BCUT2D eigenvalue weighted by Gasteiger charge is 2.27. The van der Waals surface area contributed by atoms with E-state index in [1.165, 1.54) is 0 Å². The molecule has 0 spiro atoms. The third kappa shape index (κ3) is 4.36. The van der Waals surface area contributed by atoms with Gasteiger partial charge in [-0.25, -0.2) is 9.97 Å². The van der Waals surface area contributed by atoms with Crippen LogP contribution < -0.4 is 10.2 Å². The van der Waals surface area contributed by atoms with Gasteiger partial charge in [-0.15, -0.1) is 0 Å². The average Bonchev–Trinajstić information content (AvgIpc) is 2.49. The van der Waals surface area contributed by atoms with Gasteiger partial charge in [0.1, 0.15) is 0 Å². The summed E-state index contributed by atoms with van der Waals surface area (Å²) in [6, 6.07) is 1.04. The van der Waals surface area contributed by atoms with Crippen molar-refractivity contribution in [2.75, 3.05) is 45.3 Å². The summed E-state index contributed by atoms with van der Waals surface area (Å²) in [5.74, 6) is 0.836. The summed E-state index contributed by atoms with van der Waals surface area (Å²) in [4.78, 5) is 13.7. The van der Waals surface area contributed by atoms with E-state index in [1.54, 1.807) is 7.11 Å². The van der Waals surface area contributed by atoms with Crippen LogP contribution in [0.25, 0.3) is 0 Å². The smallest absolute Gasteiger partial charge is 0.225 e. The first-order valence-electron chi connectivity index (χ1n) is 7.59. The molecule has 0 radical (unpaired) electrons. The van der Waals surface area contributed by atoms with Crippen molar-refractivity contribution in [1.29, 1.82) is 0 Å². The van der Waals surface area contributed by atoms with Crippen molar-refractivity contribution in [3.8, 4) is 0 Å². The lowest BCUT2D eigenvalue weighted by Gasteiger charge is -2.42. The molecule has 0 saturated carbocycles. The van der Waals surface area contributed by atoms with E-state index in [4.69, 9.17) is 4.74 Å². The fourth-order valence-electron chi connectivity index (χ4n) is 2.58. The molecule has 1 aliphatic rings. The van der Waals surface area contributed by atoms with Crippen LogP contribution in [0.2, 0.25) is 0 Å². The first-order chi connectivity index (χ1) is 10.1. The summed E-state index contributed by atoms with van der Waals surface area (Å²) in [7, 11) is 3.89. The van der Waals surface area contributed by atoms with Gasteiger partial charge in [0.25, 0.3) is 0 Å². The minimum absolute atomic E-state index is 0.521. The lowest BCUT2D eigenvalue weighted by molar-refractivity contribution is 0.169. The molecule has 2 heterocycles. The third-order valence-corrected chi connectivity index (χ3v) is 4.15. The molecule has 1 N–H and O–H groups in total. The highest BCUT2D eigenvalue weighted by atomic mass is 16.5. The number of rotatable bonds is 6. The molecule has 1 aromatic heterocycles. The highest BCUT2D eigenvalue weighted by Crippen LogP contribution is 2.17. The monoisotopic (exact) mass is 293 g/mol. The van der Waals surface area contributed by atoms with Crippen LogP contribution in [0.3, 0.4) is 0 Å². The van der Waals surface area contributed by atoms with Crippen molar-refractivity contribution in [2.45, 2.75) is 32.5 Å². The first-order valence-corrected chi connectivity index (χ1v) is 7.59. The molecule has 21 heavy (non-hydrogen) atoms. The molecule has 2 rings (SSSR count). The van der Waals surface area contributed by atoms with Crippen LogP contribution in [0.1, 0.15) is 19.4 Å². The van der Waals surface area contributed by atoms with Crippen molar-refractivity contribution < 1.29 is 4.74 Å². The van der Waals surface area contributed by atoms with Crippen molar-refractivity contribution in [1.82, 2.24) is 20.2 Å². The molecule has 1 saturated heterocycles. The van der Waals surface area contributed by atoms with E-state index < -0.39 is 0 Å². The maximum absolute atomic E-state index is 5.00. The minimum Gasteiger partial charge on any atom is -0.383 e. The van der Waals surface area contributed by atoms with Crippen LogP contribution in [-0.2, 0) is 11.3 Å². The predicted octanol–water partition coefficient (Wildman–Crippen LogP) is 0.741. The number of nitrogens with one attached hydrogen (secondary N) is 1. The van der Waals surface area contributed by atoms with Crippen LogP contribution in [0, 0.1) is 0 Å². The van der Waals surface area contributed by atoms with E-state index in [1.807, 2.05) is 12.4 Å². The summed E-state index contributed by atoms with van der Waals surface area (Å²) in [5, 5.41) is 3.30. The maximum atomic E-state index is 5.00. The molecule has 118 valence electrons. The zero-order valence-corrected chi connectivity index (χ0v) is 13.5. The molecule has 0 bridgehead atoms. The quantitative estimate of drug-likeness (QED) is 0.781. The summed E-state index contributed by atoms with van der Waals surface area (Å²) < 4.78 is 5.00. The maximum Gasteiger partial charge on any atom is 0.225 e. The van der Waals surface area contributed by atoms with Crippen molar-refractivity contribution in [2.24, 2.45) is 0 Å². The van der Waals surface area contributed by atoms with E-state index in [0.717, 1.165) is 44.3 Å². The molecule has 6 heteroatoms. The molecule has 0 aliphatic carbocycles. The zero-order valence-electron chi connectivity index (χ0n) is 13.5. The van der Waals surface area contributed by atoms with E-state index in [0.29, 0.717) is 12.1 Å². The number of likely N-dealkylation sites (N-methyl/N-ethyl adjacent to an activating group) is 1. The van der Waals surface area contributed by atoms with Crippen LogP contribution in [0.4, 0.5) is 5.95 Å². The van der Waals surface area contributed by atoms with Crippen LogP contribution >= 0.6 is 0 Å². The SMILES string of the molecule is COCCNCc1cnc(N2CC(C)N(C)C(C)C2)nc1. The molecule has 6 nitrogen and oxygen atoms in total. The molecular weight excluding hydrogens is 266 g/mol. The topological polar surface area (TPSA) is 53.5 Å². The van der Waals surface area contributed by atoms with E-state index in [2.05, 4.69) is 46.0 Å². The lowest BCUT2D eigenvalue weighted by atomic mass is 10.1. The average molecular weight is 293 g/mol. The third-order valence-electron chi connectivity index (χ3n) is 4.15. The number of anilines is 1. The second-order valence-electron chi connectivity index (χ2n) is 5.83. The summed E-state index contributed by atoms with van der Waals surface area (Å²) in [6.45, 7) is 8.78. The fourth-order valence-corrected chi connectivity index (χ4v) is 2.58.